The van der Waals surface area contributed by atoms with Gasteiger partial charge in [-0.05, 0) is 46.0 Å². The lowest BCUT2D eigenvalue weighted by Crippen LogP contribution is -2.50. The second kappa shape index (κ2) is 9.26. The molecule has 0 unspecified atom stereocenters. The van der Waals surface area contributed by atoms with Crippen molar-refractivity contribution >= 4 is 11.8 Å². The number of carbonyl (C=O) groups excluding carboxylic acids is 2. The van der Waals surface area contributed by atoms with Crippen LogP contribution in [0, 0.1) is 13.8 Å². The fourth-order valence-electron chi connectivity index (χ4n) is 4.54. The maximum Gasteiger partial charge on any atom is 0.227 e. The van der Waals surface area contributed by atoms with Crippen LogP contribution in [0.1, 0.15) is 56.0 Å². The van der Waals surface area contributed by atoms with E-state index in [1.165, 1.54) is 0 Å². The first-order valence-corrected chi connectivity index (χ1v) is 10.7. The van der Waals surface area contributed by atoms with E-state index in [2.05, 4.69) is 15.4 Å². The zero-order valence-corrected chi connectivity index (χ0v) is 17.9. The van der Waals surface area contributed by atoms with E-state index in [-0.39, 0.29) is 17.9 Å². The van der Waals surface area contributed by atoms with Gasteiger partial charge in [-0.3, -0.25) is 9.59 Å². The molecule has 0 spiro atoms. The average molecular weight is 407 g/mol. The maximum absolute atomic E-state index is 12.8. The lowest BCUT2D eigenvalue weighted by molar-refractivity contribution is -0.130. The Balaban J connectivity index is 1.50. The highest BCUT2D eigenvalue weighted by atomic mass is 16.5. The number of rotatable bonds is 5. The quantitative estimate of drug-likeness (QED) is 0.762. The minimum atomic E-state index is -0.765. The summed E-state index contributed by atoms with van der Waals surface area (Å²) in [6, 6.07) is 0.241. The zero-order valence-electron chi connectivity index (χ0n) is 17.9. The molecule has 3 rings (SSSR count). The number of nitrogens with zero attached hydrogens (tertiary/aromatic N) is 3. The van der Waals surface area contributed by atoms with Crippen LogP contribution in [0.2, 0.25) is 0 Å². The van der Waals surface area contributed by atoms with Crippen LogP contribution in [-0.2, 0) is 16.0 Å². The molecule has 1 atom stereocenters. The topological polar surface area (TPSA) is 98.9 Å². The van der Waals surface area contributed by atoms with Crippen molar-refractivity contribution in [1.82, 2.24) is 20.3 Å². The van der Waals surface area contributed by atoms with Gasteiger partial charge in [0.1, 0.15) is 5.76 Å². The molecule has 2 fully saturated rings. The fourth-order valence-corrected chi connectivity index (χ4v) is 4.54. The van der Waals surface area contributed by atoms with Crippen molar-refractivity contribution in [2.75, 3.05) is 32.7 Å². The molecule has 1 aromatic heterocycles. The second-order valence-electron chi connectivity index (χ2n) is 8.69. The first-order chi connectivity index (χ1) is 13.8. The van der Waals surface area contributed by atoms with Crippen LogP contribution >= 0.6 is 0 Å². The summed E-state index contributed by atoms with van der Waals surface area (Å²) in [5.41, 5.74) is 0.875. The zero-order chi connectivity index (χ0) is 21.0. The first-order valence-electron chi connectivity index (χ1n) is 10.7. The number of hydrogen-bond donors (Lipinski definition) is 2. The van der Waals surface area contributed by atoms with E-state index in [1.54, 1.807) is 6.92 Å². The summed E-state index contributed by atoms with van der Waals surface area (Å²) < 4.78 is 5.17. The SMILES string of the molecule is CC(=O)NC1CCN(C[C@]2(O)CCCN(C(=O)Cc3c(C)noc3C)CC2)CC1. The van der Waals surface area contributed by atoms with Gasteiger partial charge < -0.3 is 24.7 Å². The van der Waals surface area contributed by atoms with Gasteiger partial charge in [0.15, 0.2) is 0 Å². The number of aryl methyl sites for hydroxylation is 2. The monoisotopic (exact) mass is 406 g/mol. The lowest BCUT2D eigenvalue weighted by Gasteiger charge is -2.38. The molecule has 2 aliphatic heterocycles. The molecule has 0 saturated carbocycles. The van der Waals surface area contributed by atoms with Gasteiger partial charge in [-0.25, -0.2) is 0 Å². The van der Waals surface area contributed by atoms with Crippen LogP contribution < -0.4 is 5.32 Å². The predicted octanol–water partition coefficient (Wildman–Crippen LogP) is 1.18. The van der Waals surface area contributed by atoms with E-state index in [9.17, 15) is 14.7 Å². The number of aliphatic hydroxyl groups is 1. The molecule has 8 heteroatoms. The second-order valence-corrected chi connectivity index (χ2v) is 8.69. The van der Waals surface area contributed by atoms with Crippen LogP contribution in [-0.4, -0.2) is 76.2 Å². The van der Waals surface area contributed by atoms with Crippen molar-refractivity contribution in [3.05, 3.63) is 17.0 Å². The Hall–Kier alpha value is -1.93. The van der Waals surface area contributed by atoms with Gasteiger partial charge in [-0.2, -0.15) is 0 Å². The highest BCUT2D eigenvalue weighted by Gasteiger charge is 2.34. The molecule has 2 aliphatic rings. The van der Waals surface area contributed by atoms with Crippen molar-refractivity contribution in [1.29, 1.82) is 0 Å². The summed E-state index contributed by atoms with van der Waals surface area (Å²) in [4.78, 5) is 28.2. The van der Waals surface area contributed by atoms with Crippen molar-refractivity contribution < 1.29 is 19.2 Å². The molecule has 0 radical (unpaired) electrons. The minimum absolute atomic E-state index is 0.0206. The molecule has 1 aromatic rings. The number of aromatic nitrogens is 1. The van der Waals surface area contributed by atoms with E-state index in [4.69, 9.17) is 4.52 Å². The lowest BCUT2D eigenvalue weighted by atomic mass is 9.93. The molecule has 0 aliphatic carbocycles. The number of amides is 2. The molecule has 0 bridgehead atoms. The van der Waals surface area contributed by atoms with Crippen molar-refractivity contribution in [2.45, 2.75) is 70.9 Å². The predicted molar refractivity (Wildman–Crippen MR) is 108 cm³/mol. The van der Waals surface area contributed by atoms with Gasteiger partial charge in [-0.15, -0.1) is 0 Å². The summed E-state index contributed by atoms with van der Waals surface area (Å²) in [5, 5.41) is 18.1. The number of nitrogens with one attached hydrogen (secondary N) is 1. The molecule has 3 heterocycles. The first kappa shape index (κ1) is 21.8. The van der Waals surface area contributed by atoms with Gasteiger partial charge in [0.05, 0.1) is 17.7 Å². The number of β-amino-alcohol motifs (C(OH)–C–C–N with tert-alkyl or cyclic N) is 1. The Bertz CT molecular complexity index is 707. The Labute approximate surface area is 172 Å². The Morgan fingerprint density at radius 1 is 1.21 bits per heavy atom. The summed E-state index contributed by atoms with van der Waals surface area (Å²) in [7, 11) is 0. The maximum atomic E-state index is 12.8. The fraction of sp³-hybridized carbons (Fsp3) is 0.762. The Kier molecular flexibility index (Phi) is 6.95. The van der Waals surface area contributed by atoms with Crippen molar-refractivity contribution in [3.63, 3.8) is 0 Å². The van der Waals surface area contributed by atoms with Crippen LogP contribution in [0.3, 0.4) is 0 Å². The summed E-state index contributed by atoms with van der Waals surface area (Å²) in [6.07, 6.45) is 4.22. The van der Waals surface area contributed by atoms with Gasteiger partial charge in [0, 0.05) is 51.3 Å². The molecule has 2 N–H and O–H groups in total. The normalized spacial score (nSPS) is 24.3. The third-order valence-electron chi connectivity index (χ3n) is 6.29. The molecule has 2 amide bonds. The third kappa shape index (κ3) is 5.79. The summed E-state index contributed by atoms with van der Waals surface area (Å²) >= 11 is 0. The van der Waals surface area contributed by atoms with Crippen LogP contribution in [0.15, 0.2) is 4.52 Å². The van der Waals surface area contributed by atoms with Gasteiger partial charge in [0.2, 0.25) is 11.8 Å². The third-order valence-corrected chi connectivity index (χ3v) is 6.29. The Morgan fingerprint density at radius 3 is 2.55 bits per heavy atom. The highest BCUT2D eigenvalue weighted by Crippen LogP contribution is 2.26. The standard InChI is InChI=1S/C21H34N4O4/c1-15-19(16(2)29-23-15)13-20(27)25-9-4-7-21(28,8-12-25)14-24-10-5-18(6-11-24)22-17(3)26/h18,28H,4-14H2,1-3H3,(H,22,26)/t21-/m0/s1. The van der Waals surface area contributed by atoms with E-state index >= 15 is 0 Å². The van der Waals surface area contributed by atoms with Gasteiger partial charge in [-0.1, -0.05) is 5.16 Å². The van der Waals surface area contributed by atoms with E-state index in [1.807, 2.05) is 18.7 Å². The molecular weight excluding hydrogens is 372 g/mol. The van der Waals surface area contributed by atoms with Crippen LogP contribution in [0.25, 0.3) is 0 Å². The largest absolute Gasteiger partial charge is 0.388 e. The smallest absolute Gasteiger partial charge is 0.227 e. The number of piperidine rings is 1. The number of hydrogen-bond acceptors (Lipinski definition) is 6. The molecule has 0 aromatic carbocycles. The number of carbonyl (C=O) groups is 2. The highest BCUT2D eigenvalue weighted by molar-refractivity contribution is 5.79. The molecule has 2 saturated heterocycles. The van der Waals surface area contributed by atoms with Crippen LogP contribution in [0.5, 0.6) is 0 Å². The van der Waals surface area contributed by atoms with Gasteiger partial charge >= 0.3 is 0 Å². The minimum Gasteiger partial charge on any atom is -0.388 e. The van der Waals surface area contributed by atoms with E-state index < -0.39 is 5.60 Å². The van der Waals surface area contributed by atoms with Gasteiger partial charge in [0.25, 0.3) is 0 Å². The van der Waals surface area contributed by atoms with E-state index in [0.717, 1.165) is 43.6 Å². The molecular formula is C21H34N4O4. The van der Waals surface area contributed by atoms with Crippen LogP contribution in [0.4, 0.5) is 0 Å². The molecule has 162 valence electrons. The Morgan fingerprint density at radius 2 is 1.93 bits per heavy atom. The molecule has 29 heavy (non-hydrogen) atoms. The van der Waals surface area contributed by atoms with E-state index in [0.29, 0.717) is 44.7 Å². The summed E-state index contributed by atoms with van der Waals surface area (Å²) in [5.74, 6) is 0.789. The van der Waals surface area contributed by atoms with Crippen molar-refractivity contribution in [2.24, 2.45) is 0 Å². The average Bonchev–Trinajstić information content (AvgIpc) is 2.86. The summed E-state index contributed by atoms with van der Waals surface area (Å²) in [6.45, 7) is 8.87. The number of likely N-dealkylation sites (tertiary alicyclic amines) is 2. The molecule has 8 nitrogen and oxygen atoms in total. The van der Waals surface area contributed by atoms with Crippen molar-refractivity contribution in [3.8, 4) is 0 Å².